The van der Waals surface area contributed by atoms with Gasteiger partial charge in [0.15, 0.2) is 5.96 Å². The minimum atomic E-state index is -0.214. The molecule has 1 saturated heterocycles. The number of ether oxygens (including phenoxy) is 2. The van der Waals surface area contributed by atoms with Crippen molar-refractivity contribution in [1.82, 2.24) is 10.6 Å². The summed E-state index contributed by atoms with van der Waals surface area (Å²) in [5, 5.41) is 6.45. The molecular weight excluding hydrogens is 510 g/mol. The summed E-state index contributed by atoms with van der Waals surface area (Å²) in [5.41, 5.74) is 2.67. The third kappa shape index (κ3) is 8.17. The van der Waals surface area contributed by atoms with Gasteiger partial charge in [0, 0.05) is 19.6 Å². The van der Waals surface area contributed by atoms with E-state index in [1.54, 1.807) is 6.07 Å². The molecule has 0 aliphatic carbocycles. The van der Waals surface area contributed by atoms with E-state index in [0.29, 0.717) is 57.6 Å². The predicted molar refractivity (Wildman–Crippen MR) is 134 cm³/mol. The van der Waals surface area contributed by atoms with Crippen molar-refractivity contribution < 1.29 is 13.9 Å². The van der Waals surface area contributed by atoms with Gasteiger partial charge in [0.05, 0.1) is 32.0 Å². The van der Waals surface area contributed by atoms with Gasteiger partial charge in [-0.2, -0.15) is 0 Å². The molecule has 3 rings (SSSR count). The lowest BCUT2D eigenvalue weighted by Crippen LogP contribution is -2.39. The molecule has 8 heteroatoms. The van der Waals surface area contributed by atoms with Crippen LogP contribution in [0.5, 0.6) is 5.75 Å². The van der Waals surface area contributed by atoms with E-state index in [4.69, 9.17) is 9.47 Å². The zero-order valence-corrected chi connectivity index (χ0v) is 20.5. The zero-order chi connectivity index (χ0) is 21.2. The highest BCUT2D eigenvalue weighted by Crippen LogP contribution is 2.22. The van der Waals surface area contributed by atoms with Crippen molar-refractivity contribution in [1.29, 1.82) is 0 Å². The summed E-state index contributed by atoms with van der Waals surface area (Å²) in [6.07, 6.45) is 0. The number of benzene rings is 2. The number of hydrogen-bond donors (Lipinski definition) is 2. The molecule has 0 spiro atoms. The Morgan fingerprint density at radius 3 is 2.55 bits per heavy atom. The van der Waals surface area contributed by atoms with Gasteiger partial charge in [-0.1, -0.05) is 23.8 Å². The molecule has 0 radical (unpaired) electrons. The lowest BCUT2D eigenvalue weighted by atomic mass is 10.1. The summed E-state index contributed by atoms with van der Waals surface area (Å²) >= 11 is 0. The molecule has 0 aromatic heterocycles. The van der Waals surface area contributed by atoms with Crippen LogP contribution < -0.4 is 20.3 Å². The first-order chi connectivity index (χ1) is 14.7. The van der Waals surface area contributed by atoms with Crippen LogP contribution in [0.25, 0.3) is 0 Å². The number of nitrogens with zero attached hydrogens (tertiary/aromatic N) is 2. The molecule has 0 saturated carbocycles. The van der Waals surface area contributed by atoms with E-state index in [-0.39, 0.29) is 29.8 Å². The summed E-state index contributed by atoms with van der Waals surface area (Å²) in [5.74, 6) is 1.32. The molecule has 31 heavy (non-hydrogen) atoms. The maximum Gasteiger partial charge on any atom is 0.191 e. The van der Waals surface area contributed by atoms with Gasteiger partial charge in [0.2, 0.25) is 0 Å². The number of guanidine groups is 1. The Balaban J connectivity index is 0.00000341. The number of rotatable bonds is 8. The molecule has 6 nitrogen and oxygen atoms in total. The van der Waals surface area contributed by atoms with Crippen LogP contribution in [0.1, 0.15) is 18.1 Å². The normalized spacial score (nSPS) is 14.0. The molecule has 1 fully saturated rings. The number of anilines is 1. The standard InChI is InChI=1S/C23H31FN4O2.HI/c1-3-25-23(26-10-13-30-20-7-4-18(2)5-8-20)27-17-19-6-9-22(21(24)16-19)28-11-14-29-15-12-28;/h4-9,16H,3,10-15,17H2,1-2H3,(H2,25,26,27);1H. The topological polar surface area (TPSA) is 58.1 Å². The molecule has 2 aromatic rings. The van der Waals surface area contributed by atoms with Gasteiger partial charge in [0.25, 0.3) is 0 Å². The highest BCUT2D eigenvalue weighted by atomic mass is 127. The Morgan fingerprint density at radius 2 is 1.87 bits per heavy atom. The molecule has 1 aliphatic heterocycles. The monoisotopic (exact) mass is 542 g/mol. The van der Waals surface area contributed by atoms with Crippen LogP contribution >= 0.6 is 24.0 Å². The molecule has 2 N–H and O–H groups in total. The van der Waals surface area contributed by atoms with Crippen LogP contribution in [0.4, 0.5) is 10.1 Å². The summed E-state index contributed by atoms with van der Waals surface area (Å²) in [4.78, 5) is 6.58. The Kier molecular flexibility index (Phi) is 10.9. The van der Waals surface area contributed by atoms with Crippen molar-refractivity contribution in [2.75, 3.05) is 50.9 Å². The van der Waals surface area contributed by atoms with Crippen LogP contribution in [0.2, 0.25) is 0 Å². The summed E-state index contributed by atoms with van der Waals surface area (Å²) in [6.45, 7) is 9.04. The Hall–Kier alpha value is -2.07. The summed E-state index contributed by atoms with van der Waals surface area (Å²) in [6, 6.07) is 13.3. The van der Waals surface area contributed by atoms with Crippen LogP contribution in [0.15, 0.2) is 47.5 Å². The van der Waals surface area contributed by atoms with Gasteiger partial charge < -0.3 is 25.0 Å². The third-order valence-electron chi connectivity index (χ3n) is 4.81. The van der Waals surface area contributed by atoms with Gasteiger partial charge in [-0.15, -0.1) is 24.0 Å². The first kappa shape index (κ1) is 25.2. The first-order valence-corrected chi connectivity index (χ1v) is 10.5. The smallest absolute Gasteiger partial charge is 0.191 e. The fraction of sp³-hybridized carbons (Fsp3) is 0.435. The van der Waals surface area contributed by atoms with Crippen molar-refractivity contribution in [2.45, 2.75) is 20.4 Å². The van der Waals surface area contributed by atoms with Crippen LogP contribution in [0, 0.1) is 12.7 Å². The van der Waals surface area contributed by atoms with E-state index in [1.165, 1.54) is 5.56 Å². The number of morpholine rings is 1. The average Bonchev–Trinajstić information content (AvgIpc) is 2.77. The highest BCUT2D eigenvalue weighted by Gasteiger charge is 2.15. The van der Waals surface area contributed by atoms with Crippen molar-refractivity contribution in [3.05, 3.63) is 59.4 Å². The molecule has 0 bridgehead atoms. The fourth-order valence-electron chi connectivity index (χ4n) is 3.19. The van der Waals surface area contributed by atoms with E-state index in [1.807, 2.05) is 55.1 Å². The van der Waals surface area contributed by atoms with E-state index in [9.17, 15) is 4.39 Å². The second kappa shape index (κ2) is 13.4. The Morgan fingerprint density at radius 1 is 1.13 bits per heavy atom. The Bertz CT molecular complexity index is 827. The fourth-order valence-corrected chi connectivity index (χ4v) is 3.19. The number of halogens is 2. The second-order valence-electron chi connectivity index (χ2n) is 7.17. The van der Waals surface area contributed by atoms with Crippen molar-refractivity contribution in [3.8, 4) is 5.75 Å². The average molecular weight is 542 g/mol. The maximum absolute atomic E-state index is 14.6. The molecule has 170 valence electrons. The number of hydrogen-bond acceptors (Lipinski definition) is 4. The van der Waals surface area contributed by atoms with E-state index in [0.717, 1.165) is 17.9 Å². The molecule has 1 heterocycles. The van der Waals surface area contributed by atoms with E-state index < -0.39 is 0 Å². The molecule has 0 atom stereocenters. The zero-order valence-electron chi connectivity index (χ0n) is 18.2. The van der Waals surface area contributed by atoms with Crippen molar-refractivity contribution in [2.24, 2.45) is 4.99 Å². The first-order valence-electron chi connectivity index (χ1n) is 10.5. The summed E-state index contributed by atoms with van der Waals surface area (Å²) in [7, 11) is 0. The lowest BCUT2D eigenvalue weighted by Gasteiger charge is -2.29. The number of nitrogens with one attached hydrogen (secondary N) is 2. The highest BCUT2D eigenvalue weighted by molar-refractivity contribution is 14.0. The number of aryl methyl sites for hydroxylation is 1. The summed E-state index contributed by atoms with van der Waals surface area (Å²) < 4.78 is 25.6. The van der Waals surface area contributed by atoms with Crippen molar-refractivity contribution in [3.63, 3.8) is 0 Å². The van der Waals surface area contributed by atoms with E-state index >= 15 is 0 Å². The quantitative estimate of drug-likeness (QED) is 0.231. The molecule has 2 aromatic carbocycles. The van der Waals surface area contributed by atoms with E-state index in [2.05, 4.69) is 15.6 Å². The largest absolute Gasteiger partial charge is 0.492 e. The van der Waals surface area contributed by atoms with Crippen molar-refractivity contribution >= 4 is 35.6 Å². The van der Waals surface area contributed by atoms with Crippen LogP contribution in [-0.4, -0.2) is 52.0 Å². The molecule has 0 unspecified atom stereocenters. The molecule has 0 amide bonds. The lowest BCUT2D eigenvalue weighted by molar-refractivity contribution is 0.122. The second-order valence-corrected chi connectivity index (χ2v) is 7.17. The third-order valence-corrected chi connectivity index (χ3v) is 4.81. The molecule has 1 aliphatic rings. The SMILES string of the molecule is CCNC(=NCc1ccc(N2CCOCC2)c(F)c1)NCCOc1ccc(C)cc1.I. The van der Waals surface area contributed by atoms with Gasteiger partial charge >= 0.3 is 0 Å². The number of aliphatic imine (C=N–C) groups is 1. The van der Waals surface area contributed by atoms with Crippen LogP contribution in [-0.2, 0) is 11.3 Å². The minimum Gasteiger partial charge on any atom is -0.492 e. The molecular formula is C23H32FIN4O2. The van der Waals surface area contributed by atoms with Gasteiger partial charge in [0.1, 0.15) is 18.2 Å². The van der Waals surface area contributed by atoms with Gasteiger partial charge in [-0.25, -0.2) is 9.38 Å². The van der Waals surface area contributed by atoms with Crippen LogP contribution in [0.3, 0.4) is 0 Å². The predicted octanol–water partition coefficient (Wildman–Crippen LogP) is 3.72. The minimum absolute atomic E-state index is 0. The Labute approximate surface area is 201 Å². The van der Waals surface area contributed by atoms with Gasteiger partial charge in [-0.3, -0.25) is 0 Å². The van der Waals surface area contributed by atoms with Gasteiger partial charge in [-0.05, 0) is 43.7 Å². The maximum atomic E-state index is 14.6.